The first-order valence-electron chi connectivity index (χ1n) is 11.2. The number of halogens is 1. The van der Waals surface area contributed by atoms with Gasteiger partial charge < -0.3 is 19.5 Å². The minimum atomic E-state index is 0.209. The molecule has 1 fully saturated rings. The fraction of sp³-hybridized carbons (Fsp3) is 0.400. The van der Waals surface area contributed by atoms with Crippen LogP contribution in [0.25, 0.3) is 10.9 Å². The van der Waals surface area contributed by atoms with E-state index in [0.29, 0.717) is 13.1 Å². The summed E-state index contributed by atoms with van der Waals surface area (Å²) in [7, 11) is 1.68. The minimum Gasteiger partial charge on any atom is -0.497 e. The van der Waals surface area contributed by atoms with Crippen LogP contribution in [0.1, 0.15) is 16.8 Å². The monoisotopic (exact) mass is 452 g/mol. The molecule has 5 rings (SSSR count). The maximum Gasteiger partial charge on any atom is 0.237 e. The number of nitrogens with one attached hydrogen (secondary N) is 1. The molecular weight excluding hydrogens is 424 g/mol. The summed E-state index contributed by atoms with van der Waals surface area (Å²) in [4.78, 5) is 23.3. The Morgan fingerprint density at radius 3 is 2.69 bits per heavy atom. The highest BCUT2D eigenvalue weighted by molar-refractivity contribution is 6.30. The standard InChI is InChI=1S/C25H29ClN4O2/c1-17-3-4-18(26)13-24(17)29-11-9-28(10-12-29)16-25(31)30-8-7-23-21(15-30)20-14-19(32-2)5-6-22(20)27-23/h3-6,13-14,27H,7-12,15-16H2,1-2H3. The summed E-state index contributed by atoms with van der Waals surface area (Å²) < 4.78 is 5.40. The van der Waals surface area contributed by atoms with E-state index in [9.17, 15) is 4.79 Å². The Labute approximate surface area is 193 Å². The average molecular weight is 453 g/mol. The van der Waals surface area contributed by atoms with Gasteiger partial charge in [-0.25, -0.2) is 0 Å². The molecule has 1 amide bonds. The zero-order valence-electron chi connectivity index (χ0n) is 18.7. The average Bonchev–Trinajstić information content (AvgIpc) is 3.18. The largest absolute Gasteiger partial charge is 0.497 e. The van der Waals surface area contributed by atoms with Gasteiger partial charge in [0.2, 0.25) is 5.91 Å². The molecule has 7 heteroatoms. The van der Waals surface area contributed by atoms with Gasteiger partial charge in [0, 0.05) is 78.6 Å². The molecule has 0 bridgehead atoms. The Kier molecular flexibility index (Phi) is 5.74. The van der Waals surface area contributed by atoms with Crippen LogP contribution in [0.5, 0.6) is 5.75 Å². The van der Waals surface area contributed by atoms with E-state index < -0.39 is 0 Å². The van der Waals surface area contributed by atoms with Crippen molar-refractivity contribution >= 4 is 34.1 Å². The number of rotatable bonds is 4. The molecule has 3 aromatic rings. The van der Waals surface area contributed by atoms with Gasteiger partial charge in [-0.05, 0) is 42.8 Å². The number of piperazine rings is 1. The highest BCUT2D eigenvalue weighted by Gasteiger charge is 2.27. The minimum absolute atomic E-state index is 0.209. The lowest BCUT2D eigenvalue weighted by molar-refractivity contribution is -0.133. The summed E-state index contributed by atoms with van der Waals surface area (Å²) in [6.07, 6.45) is 0.861. The van der Waals surface area contributed by atoms with E-state index in [1.807, 2.05) is 23.1 Å². The van der Waals surface area contributed by atoms with E-state index in [1.54, 1.807) is 7.11 Å². The number of fused-ring (bicyclic) bond motifs is 3. The number of aromatic amines is 1. The van der Waals surface area contributed by atoms with E-state index >= 15 is 0 Å². The molecule has 2 aliphatic heterocycles. The van der Waals surface area contributed by atoms with E-state index in [-0.39, 0.29) is 5.91 Å². The molecule has 0 saturated carbocycles. The van der Waals surface area contributed by atoms with Crippen LogP contribution >= 0.6 is 11.6 Å². The zero-order valence-corrected chi connectivity index (χ0v) is 19.4. The van der Waals surface area contributed by atoms with Crippen molar-refractivity contribution in [2.75, 3.05) is 51.3 Å². The first-order chi connectivity index (χ1) is 15.5. The molecular formula is C25H29ClN4O2. The smallest absolute Gasteiger partial charge is 0.237 e. The number of H-pyrrole nitrogens is 1. The van der Waals surface area contributed by atoms with Gasteiger partial charge in [-0.1, -0.05) is 17.7 Å². The maximum atomic E-state index is 13.1. The molecule has 168 valence electrons. The van der Waals surface area contributed by atoms with Crippen LogP contribution < -0.4 is 9.64 Å². The Bertz CT molecular complexity index is 1150. The normalized spacial score (nSPS) is 17.0. The second-order valence-corrected chi connectivity index (χ2v) is 9.19. The number of carbonyl (C=O) groups excluding carboxylic acids is 1. The number of hydrogen-bond donors (Lipinski definition) is 1. The van der Waals surface area contributed by atoms with Gasteiger partial charge in [-0.15, -0.1) is 0 Å². The van der Waals surface area contributed by atoms with Gasteiger partial charge in [-0.3, -0.25) is 9.69 Å². The van der Waals surface area contributed by atoms with E-state index in [1.165, 1.54) is 22.5 Å². The van der Waals surface area contributed by atoms with Crippen LogP contribution in [-0.4, -0.2) is 67.1 Å². The van der Waals surface area contributed by atoms with Gasteiger partial charge in [0.25, 0.3) is 0 Å². The number of hydrogen-bond acceptors (Lipinski definition) is 4. The Morgan fingerprint density at radius 2 is 1.91 bits per heavy atom. The van der Waals surface area contributed by atoms with Crippen molar-refractivity contribution in [1.29, 1.82) is 0 Å². The quantitative estimate of drug-likeness (QED) is 0.653. The van der Waals surface area contributed by atoms with E-state index in [2.05, 4.69) is 39.9 Å². The van der Waals surface area contributed by atoms with Crippen LogP contribution in [0.15, 0.2) is 36.4 Å². The van der Waals surface area contributed by atoms with Crippen molar-refractivity contribution in [2.24, 2.45) is 0 Å². The highest BCUT2D eigenvalue weighted by atomic mass is 35.5. The summed E-state index contributed by atoms with van der Waals surface area (Å²) in [5, 5.41) is 1.92. The van der Waals surface area contributed by atoms with Crippen molar-refractivity contribution in [3.8, 4) is 5.75 Å². The number of aromatic nitrogens is 1. The van der Waals surface area contributed by atoms with Gasteiger partial charge >= 0.3 is 0 Å². The Balaban J connectivity index is 1.22. The number of benzene rings is 2. The summed E-state index contributed by atoms with van der Waals surface area (Å²) in [6, 6.07) is 12.1. The lowest BCUT2D eigenvalue weighted by Gasteiger charge is -2.37. The van der Waals surface area contributed by atoms with Crippen molar-refractivity contribution in [2.45, 2.75) is 19.9 Å². The molecule has 1 aromatic heterocycles. The lowest BCUT2D eigenvalue weighted by atomic mass is 10.0. The van der Waals surface area contributed by atoms with E-state index in [0.717, 1.165) is 60.8 Å². The molecule has 0 unspecified atom stereocenters. The molecule has 2 aromatic carbocycles. The van der Waals surface area contributed by atoms with Crippen LogP contribution in [0.4, 0.5) is 5.69 Å². The number of carbonyl (C=O) groups is 1. The first-order valence-corrected chi connectivity index (χ1v) is 11.6. The highest BCUT2D eigenvalue weighted by Crippen LogP contribution is 2.31. The summed E-state index contributed by atoms with van der Waals surface area (Å²) in [6.45, 7) is 7.57. The Hall–Kier alpha value is -2.70. The molecule has 0 aliphatic carbocycles. The van der Waals surface area contributed by atoms with Gasteiger partial charge in [0.15, 0.2) is 0 Å². The number of aryl methyl sites for hydroxylation is 1. The molecule has 0 radical (unpaired) electrons. The third-order valence-electron chi connectivity index (χ3n) is 6.78. The van der Waals surface area contributed by atoms with Gasteiger partial charge in [0.1, 0.15) is 5.75 Å². The van der Waals surface area contributed by atoms with Crippen molar-refractivity contribution in [3.63, 3.8) is 0 Å². The number of amides is 1. The second-order valence-electron chi connectivity index (χ2n) is 8.75. The molecule has 2 aliphatic rings. The molecule has 1 saturated heterocycles. The van der Waals surface area contributed by atoms with Gasteiger partial charge in [0.05, 0.1) is 13.7 Å². The van der Waals surface area contributed by atoms with Crippen LogP contribution in [0, 0.1) is 6.92 Å². The first kappa shape index (κ1) is 21.2. The third-order valence-corrected chi connectivity index (χ3v) is 7.01. The fourth-order valence-corrected chi connectivity index (χ4v) is 5.06. The lowest BCUT2D eigenvalue weighted by Crippen LogP contribution is -2.50. The summed E-state index contributed by atoms with van der Waals surface area (Å²) in [5.74, 6) is 1.05. The topological polar surface area (TPSA) is 51.8 Å². The Morgan fingerprint density at radius 1 is 1.09 bits per heavy atom. The second kappa shape index (κ2) is 8.68. The molecule has 0 atom stereocenters. The maximum absolute atomic E-state index is 13.1. The summed E-state index contributed by atoms with van der Waals surface area (Å²) in [5.41, 5.74) is 6.00. The van der Waals surface area contributed by atoms with Crippen LogP contribution in [-0.2, 0) is 17.8 Å². The summed E-state index contributed by atoms with van der Waals surface area (Å²) >= 11 is 6.20. The predicted molar refractivity (Wildman–Crippen MR) is 129 cm³/mol. The van der Waals surface area contributed by atoms with Crippen molar-refractivity contribution in [3.05, 3.63) is 58.2 Å². The molecule has 1 N–H and O–H groups in total. The van der Waals surface area contributed by atoms with Crippen molar-refractivity contribution in [1.82, 2.24) is 14.8 Å². The number of methoxy groups -OCH3 is 1. The fourth-order valence-electron chi connectivity index (χ4n) is 4.89. The SMILES string of the molecule is COc1ccc2[nH]c3c(c2c1)CN(C(=O)CN1CCN(c2cc(Cl)ccc2C)CC1)CC3. The molecule has 3 heterocycles. The molecule has 6 nitrogen and oxygen atoms in total. The van der Waals surface area contributed by atoms with Gasteiger partial charge in [-0.2, -0.15) is 0 Å². The third kappa shape index (κ3) is 4.05. The number of ether oxygens (including phenoxy) is 1. The zero-order chi connectivity index (χ0) is 22.2. The molecule has 32 heavy (non-hydrogen) atoms. The van der Waals surface area contributed by atoms with Crippen molar-refractivity contribution < 1.29 is 9.53 Å². The molecule has 0 spiro atoms. The number of anilines is 1. The van der Waals surface area contributed by atoms with Crippen LogP contribution in [0.3, 0.4) is 0 Å². The predicted octanol–water partition coefficient (Wildman–Crippen LogP) is 3.85. The number of nitrogens with zero attached hydrogens (tertiary/aromatic N) is 3. The van der Waals surface area contributed by atoms with Crippen LogP contribution in [0.2, 0.25) is 5.02 Å². The van der Waals surface area contributed by atoms with E-state index in [4.69, 9.17) is 16.3 Å².